The van der Waals surface area contributed by atoms with E-state index in [-0.39, 0.29) is 0 Å². The van der Waals surface area contributed by atoms with Crippen LogP contribution < -0.4 is 10.6 Å². The van der Waals surface area contributed by atoms with Crippen molar-refractivity contribution in [1.82, 2.24) is 25.4 Å². The highest BCUT2D eigenvalue weighted by molar-refractivity contribution is 7.09. The van der Waals surface area contributed by atoms with Crippen LogP contribution in [0.4, 0.5) is 0 Å². The molecule has 1 unspecified atom stereocenters. The molecule has 0 saturated heterocycles. The number of rotatable bonds is 8. The Morgan fingerprint density at radius 3 is 2.62 bits per heavy atom. The molecule has 7 nitrogen and oxygen atoms in total. The summed E-state index contributed by atoms with van der Waals surface area (Å²) in [6, 6.07) is 13.8. The lowest BCUT2D eigenvalue weighted by Gasteiger charge is -2.25. The number of hydrogen-bond acceptors (Lipinski definition) is 5. The molecule has 0 fully saturated rings. The van der Waals surface area contributed by atoms with E-state index in [0.29, 0.717) is 19.0 Å². The van der Waals surface area contributed by atoms with Crippen molar-refractivity contribution >= 4 is 17.3 Å². The van der Waals surface area contributed by atoms with Crippen LogP contribution in [0.2, 0.25) is 0 Å². The first-order chi connectivity index (χ1) is 14.0. The van der Waals surface area contributed by atoms with Gasteiger partial charge in [-0.2, -0.15) is 0 Å². The first-order valence-corrected chi connectivity index (χ1v) is 10.5. The van der Waals surface area contributed by atoms with Crippen molar-refractivity contribution in [3.05, 3.63) is 69.9 Å². The number of nitrogens with zero attached hydrogens (tertiary/aromatic N) is 4. The minimum atomic E-state index is -1.02. The van der Waals surface area contributed by atoms with Crippen molar-refractivity contribution < 1.29 is 5.11 Å². The molecule has 0 aliphatic rings. The van der Waals surface area contributed by atoms with Gasteiger partial charge in [0, 0.05) is 18.5 Å². The molecule has 3 aromatic rings. The normalized spacial score (nSPS) is 13.9. The summed E-state index contributed by atoms with van der Waals surface area (Å²) >= 11 is 1.74. The van der Waals surface area contributed by atoms with Gasteiger partial charge in [-0.05, 0) is 37.3 Å². The fourth-order valence-corrected chi connectivity index (χ4v) is 3.54. The molecule has 0 bridgehead atoms. The lowest BCUT2D eigenvalue weighted by atomic mass is 9.96. The van der Waals surface area contributed by atoms with Crippen LogP contribution in [-0.4, -0.2) is 38.9 Å². The summed E-state index contributed by atoms with van der Waals surface area (Å²) in [5.41, 5.74) is -0.159. The fraction of sp³-hybridized carbons (Fsp3) is 0.381. The molecule has 154 valence electrons. The summed E-state index contributed by atoms with van der Waals surface area (Å²) < 4.78 is 1.92. The molecule has 1 aromatic carbocycles. The van der Waals surface area contributed by atoms with E-state index in [0.717, 1.165) is 30.2 Å². The highest BCUT2D eigenvalue weighted by Crippen LogP contribution is 2.18. The van der Waals surface area contributed by atoms with E-state index in [1.807, 2.05) is 48.9 Å². The Labute approximate surface area is 175 Å². The van der Waals surface area contributed by atoms with Crippen LogP contribution in [0.5, 0.6) is 0 Å². The maximum absolute atomic E-state index is 10.9. The minimum Gasteiger partial charge on any atom is -0.384 e. The van der Waals surface area contributed by atoms with E-state index in [2.05, 4.69) is 43.3 Å². The van der Waals surface area contributed by atoms with E-state index >= 15 is 0 Å². The standard InChI is InChI=1S/C21H28N6OS/c1-16-25-26-19(27(16)3)14-23-20(22-12-11-18-10-7-13-29-18)24-15-21(2,28)17-8-5-4-6-9-17/h4-10,13,28H,11-12,14-15H2,1-3H3,(H2,22,23,24). The second kappa shape index (κ2) is 9.67. The summed E-state index contributed by atoms with van der Waals surface area (Å²) in [7, 11) is 1.93. The number of aryl methyl sites for hydroxylation is 1. The SMILES string of the molecule is Cc1nnc(CN=C(NCCc2cccs2)NCC(C)(O)c2ccccc2)n1C. The molecular formula is C21H28N6OS. The Bertz CT molecular complexity index is 918. The zero-order chi connectivity index (χ0) is 20.7. The summed E-state index contributed by atoms with van der Waals surface area (Å²) in [5.74, 6) is 2.28. The third-order valence-electron chi connectivity index (χ3n) is 4.80. The van der Waals surface area contributed by atoms with Gasteiger partial charge >= 0.3 is 0 Å². The molecule has 0 radical (unpaired) electrons. The lowest BCUT2D eigenvalue weighted by Crippen LogP contribution is -2.45. The smallest absolute Gasteiger partial charge is 0.191 e. The summed E-state index contributed by atoms with van der Waals surface area (Å²) in [5, 5.41) is 27.8. The van der Waals surface area contributed by atoms with Gasteiger partial charge in [0.2, 0.25) is 0 Å². The first-order valence-electron chi connectivity index (χ1n) is 9.63. The van der Waals surface area contributed by atoms with Crippen LogP contribution in [0.3, 0.4) is 0 Å². The topological polar surface area (TPSA) is 87.4 Å². The Kier molecular flexibility index (Phi) is 7.00. The Balaban J connectivity index is 1.65. The van der Waals surface area contributed by atoms with Gasteiger partial charge in [0.1, 0.15) is 18.0 Å². The predicted molar refractivity (Wildman–Crippen MR) is 117 cm³/mol. The van der Waals surface area contributed by atoms with Crippen LogP contribution in [0.15, 0.2) is 52.8 Å². The van der Waals surface area contributed by atoms with Gasteiger partial charge < -0.3 is 20.3 Å². The van der Waals surface area contributed by atoms with Crippen molar-refractivity contribution in [3.8, 4) is 0 Å². The van der Waals surface area contributed by atoms with Gasteiger partial charge in [0.15, 0.2) is 11.8 Å². The minimum absolute atomic E-state index is 0.333. The predicted octanol–water partition coefficient (Wildman–Crippen LogP) is 2.37. The molecule has 2 aromatic heterocycles. The van der Waals surface area contributed by atoms with E-state index < -0.39 is 5.60 Å². The molecule has 0 aliphatic heterocycles. The Morgan fingerprint density at radius 2 is 1.97 bits per heavy atom. The highest BCUT2D eigenvalue weighted by atomic mass is 32.1. The largest absolute Gasteiger partial charge is 0.384 e. The van der Waals surface area contributed by atoms with Crippen molar-refractivity contribution in [1.29, 1.82) is 0 Å². The van der Waals surface area contributed by atoms with Gasteiger partial charge in [0.05, 0.1) is 6.54 Å². The van der Waals surface area contributed by atoms with Crippen molar-refractivity contribution in [3.63, 3.8) is 0 Å². The number of aromatic nitrogens is 3. The maximum atomic E-state index is 10.9. The van der Waals surface area contributed by atoms with Gasteiger partial charge in [-0.3, -0.25) is 0 Å². The molecule has 8 heteroatoms. The van der Waals surface area contributed by atoms with Crippen molar-refractivity contribution in [2.24, 2.45) is 12.0 Å². The third kappa shape index (κ3) is 5.88. The number of nitrogens with one attached hydrogen (secondary N) is 2. The van der Waals surface area contributed by atoms with Gasteiger partial charge in [-0.15, -0.1) is 21.5 Å². The monoisotopic (exact) mass is 412 g/mol. The second-order valence-electron chi connectivity index (χ2n) is 7.14. The number of thiophene rings is 1. The average molecular weight is 413 g/mol. The third-order valence-corrected chi connectivity index (χ3v) is 5.74. The molecule has 0 spiro atoms. The van der Waals surface area contributed by atoms with E-state index in [9.17, 15) is 5.11 Å². The number of benzene rings is 1. The molecule has 2 heterocycles. The van der Waals surface area contributed by atoms with E-state index in [1.165, 1.54) is 4.88 Å². The number of guanidine groups is 1. The molecule has 1 atom stereocenters. The zero-order valence-electron chi connectivity index (χ0n) is 17.1. The Morgan fingerprint density at radius 1 is 1.17 bits per heavy atom. The molecule has 3 N–H and O–H groups in total. The van der Waals surface area contributed by atoms with Crippen LogP contribution in [0.1, 0.15) is 29.0 Å². The zero-order valence-corrected chi connectivity index (χ0v) is 17.9. The number of aliphatic hydroxyl groups is 1. The average Bonchev–Trinajstić information content (AvgIpc) is 3.35. The van der Waals surface area contributed by atoms with Crippen LogP contribution in [-0.2, 0) is 25.6 Å². The van der Waals surface area contributed by atoms with E-state index in [1.54, 1.807) is 18.3 Å². The number of aliphatic imine (C=N–C) groups is 1. The lowest BCUT2D eigenvalue weighted by molar-refractivity contribution is 0.0617. The molecule has 3 rings (SSSR count). The maximum Gasteiger partial charge on any atom is 0.191 e. The first kappa shape index (κ1) is 21.0. The quantitative estimate of drug-likeness (QED) is 0.391. The van der Waals surface area contributed by atoms with Gasteiger partial charge in [-0.1, -0.05) is 36.4 Å². The summed E-state index contributed by atoms with van der Waals surface area (Å²) in [6.07, 6.45) is 0.913. The molecule has 0 aliphatic carbocycles. The number of hydrogen-bond donors (Lipinski definition) is 3. The van der Waals surface area contributed by atoms with E-state index in [4.69, 9.17) is 0 Å². The Hall–Kier alpha value is -2.71. The van der Waals surface area contributed by atoms with Gasteiger partial charge in [0.25, 0.3) is 0 Å². The second-order valence-corrected chi connectivity index (χ2v) is 8.17. The van der Waals surface area contributed by atoms with Crippen LogP contribution in [0.25, 0.3) is 0 Å². The van der Waals surface area contributed by atoms with Crippen LogP contribution in [0, 0.1) is 6.92 Å². The molecule has 29 heavy (non-hydrogen) atoms. The van der Waals surface area contributed by atoms with Crippen molar-refractivity contribution in [2.75, 3.05) is 13.1 Å². The van der Waals surface area contributed by atoms with Crippen LogP contribution >= 0.6 is 11.3 Å². The fourth-order valence-electron chi connectivity index (χ4n) is 2.83. The van der Waals surface area contributed by atoms with Gasteiger partial charge in [-0.25, -0.2) is 4.99 Å². The highest BCUT2D eigenvalue weighted by Gasteiger charge is 2.23. The summed E-state index contributed by atoms with van der Waals surface area (Å²) in [6.45, 7) is 5.19. The summed E-state index contributed by atoms with van der Waals surface area (Å²) in [4.78, 5) is 5.96. The molecule has 0 amide bonds. The van der Waals surface area contributed by atoms with Crippen molar-refractivity contribution in [2.45, 2.75) is 32.4 Å². The molecule has 0 saturated carbocycles. The molecular weight excluding hydrogens is 384 g/mol.